The largest absolute Gasteiger partial charge is 0.370 e. The number of halogens is 1. The molecule has 4 nitrogen and oxygen atoms in total. The lowest BCUT2D eigenvalue weighted by atomic mass is 9.93. The molecule has 0 atom stereocenters. The van der Waals surface area contributed by atoms with Gasteiger partial charge in [0.2, 0.25) is 5.91 Å². The molecule has 100 valence electrons. The maximum atomic E-state index is 10.9. The maximum Gasteiger partial charge on any atom is 0.217 e. The normalized spacial score (nSPS) is 16.1. The van der Waals surface area contributed by atoms with E-state index in [0.717, 1.165) is 31.6 Å². The van der Waals surface area contributed by atoms with Crippen molar-refractivity contribution < 1.29 is 4.79 Å². The van der Waals surface area contributed by atoms with Crippen molar-refractivity contribution >= 4 is 23.2 Å². The lowest BCUT2D eigenvalue weighted by molar-refractivity contribution is -0.119. The zero-order valence-corrected chi connectivity index (χ0v) is 11.4. The molecule has 5 heteroatoms. The lowest BCUT2D eigenvalue weighted by Gasteiger charge is -2.33. The van der Waals surface area contributed by atoms with Crippen LogP contribution in [0.5, 0.6) is 0 Å². The first-order chi connectivity index (χ1) is 9.10. The number of rotatable bonds is 3. The molecule has 1 aliphatic rings. The smallest absolute Gasteiger partial charge is 0.217 e. The molecule has 19 heavy (non-hydrogen) atoms. The zero-order chi connectivity index (χ0) is 13.8. The van der Waals surface area contributed by atoms with Crippen LogP contribution in [0.15, 0.2) is 18.2 Å². The van der Waals surface area contributed by atoms with E-state index in [0.29, 0.717) is 22.9 Å². The van der Waals surface area contributed by atoms with Gasteiger partial charge in [-0.3, -0.25) is 4.79 Å². The van der Waals surface area contributed by atoms with Crippen LogP contribution in [0.1, 0.15) is 24.8 Å². The van der Waals surface area contributed by atoms with E-state index in [1.54, 1.807) is 12.1 Å². The van der Waals surface area contributed by atoms with Gasteiger partial charge in [0.1, 0.15) is 0 Å². The van der Waals surface area contributed by atoms with E-state index in [2.05, 4.69) is 11.0 Å². The third kappa shape index (κ3) is 3.39. The van der Waals surface area contributed by atoms with Crippen LogP contribution >= 0.6 is 11.6 Å². The molecule has 0 unspecified atom stereocenters. The van der Waals surface area contributed by atoms with Crippen molar-refractivity contribution in [2.75, 3.05) is 18.0 Å². The Kier molecular flexibility index (Phi) is 4.28. The van der Waals surface area contributed by atoms with Crippen molar-refractivity contribution in [1.82, 2.24) is 0 Å². The summed E-state index contributed by atoms with van der Waals surface area (Å²) < 4.78 is 0. The van der Waals surface area contributed by atoms with Gasteiger partial charge in [0.25, 0.3) is 0 Å². The molecule has 1 amide bonds. The number of primary amides is 1. The summed E-state index contributed by atoms with van der Waals surface area (Å²) in [6, 6.07) is 7.42. The number of hydrogen-bond donors (Lipinski definition) is 1. The first kappa shape index (κ1) is 13.7. The number of hydrogen-bond acceptors (Lipinski definition) is 3. The number of nitrogens with zero attached hydrogens (tertiary/aromatic N) is 2. The summed E-state index contributed by atoms with van der Waals surface area (Å²) in [6.45, 7) is 1.73. The molecule has 1 aliphatic heterocycles. The van der Waals surface area contributed by atoms with Gasteiger partial charge in [-0.2, -0.15) is 5.26 Å². The van der Waals surface area contributed by atoms with Gasteiger partial charge in [0, 0.05) is 19.5 Å². The molecule has 1 fully saturated rings. The van der Waals surface area contributed by atoms with Crippen LogP contribution < -0.4 is 10.6 Å². The maximum absolute atomic E-state index is 10.9. The number of carbonyl (C=O) groups excluding carboxylic acids is 1. The highest BCUT2D eigenvalue weighted by atomic mass is 35.5. The minimum Gasteiger partial charge on any atom is -0.370 e. The molecule has 0 bridgehead atoms. The van der Waals surface area contributed by atoms with E-state index in [1.165, 1.54) is 0 Å². The highest BCUT2D eigenvalue weighted by Gasteiger charge is 2.22. The molecule has 0 radical (unpaired) electrons. The average molecular weight is 278 g/mol. The lowest BCUT2D eigenvalue weighted by Crippen LogP contribution is -2.35. The van der Waals surface area contributed by atoms with E-state index < -0.39 is 0 Å². The molecule has 1 heterocycles. The monoisotopic (exact) mass is 277 g/mol. The second kappa shape index (κ2) is 5.94. The molecule has 0 aliphatic carbocycles. The Bertz CT molecular complexity index is 516. The summed E-state index contributed by atoms with van der Waals surface area (Å²) in [4.78, 5) is 13.1. The van der Waals surface area contributed by atoms with E-state index in [4.69, 9.17) is 22.6 Å². The summed E-state index contributed by atoms with van der Waals surface area (Å²) in [5, 5.41) is 9.42. The quantitative estimate of drug-likeness (QED) is 0.922. The predicted octanol–water partition coefficient (Wildman–Crippen LogP) is 2.30. The topological polar surface area (TPSA) is 70.1 Å². The molecule has 0 aromatic heterocycles. The fraction of sp³-hybridized carbons (Fsp3) is 0.429. The van der Waals surface area contributed by atoms with Gasteiger partial charge in [-0.15, -0.1) is 0 Å². The third-order valence-electron chi connectivity index (χ3n) is 3.52. The van der Waals surface area contributed by atoms with Crippen molar-refractivity contribution in [3.8, 4) is 6.07 Å². The number of benzene rings is 1. The summed E-state index contributed by atoms with van der Waals surface area (Å²) >= 11 is 6.20. The van der Waals surface area contributed by atoms with E-state index >= 15 is 0 Å². The summed E-state index contributed by atoms with van der Waals surface area (Å²) in [5.74, 6) is 0.153. The number of piperidine rings is 1. The number of nitrogens with two attached hydrogens (primary N) is 1. The van der Waals surface area contributed by atoms with E-state index in [-0.39, 0.29) is 5.91 Å². The molecule has 2 N–H and O–H groups in total. The Balaban J connectivity index is 2.02. The fourth-order valence-corrected chi connectivity index (χ4v) is 2.80. The van der Waals surface area contributed by atoms with Gasteiger partial charge in [-0.25, -0.2) is 0 Å². The van der Waals surface area contributed by atoms with Gasteiger partial charge >= 0.3 is 0 Å². The second-order valence-electron chi connectivity index (χ2n) is 4.88. The minimum absolute atomic E-state index is 0.227. The molecule has 0 spiro atoms. The van der Waals surface area contributed by atoms with Crippen LogP contribution in [0.2, 0.25) is 5.02 Å². The SMILES string of the molecule is N#Cc1ccc(N2CCC(CC(N)=O)CC2)c(Cl)c1. The molecular weight excluding hydrogens is 262 g/mol. The Morgan fingerprint density at radius 2 is 2.16 bits per heavy atom. The highest BCUT2D eigenvalue weighted by Crippen LogP contribution is 2.31. The van der Waals surface area contributed by atoms with E-state index in [1.807, 2.05) is 6.07 Å². The molecular formula is C14H16ClN3O. The highest BCUT2D eigenvalue weighted by molar-refractivity contribution is 6.33. The Hall–Kier alpha value is -1.73. The van der Waals surface area contributed by atoms with Gasteiger partial charge in [0.15, 0.2) is 0 Å². The number of anilines is 1. The summed E-state index contributed by atoms with van der Waals surface area (Å²) in [7, 11) is 0. The average Bonchev–Trinajstić information content (AvgIpc) is 2.39. The van der Waals surface area contributed by atoms with E-state index in [9.17, 15) is 4.79 Å². The van der Waals surface area contributed by atoms with Crippen LogP contribution in [0.3, 0.4) is 0 Å². The van der Waals surface area contributed by atoms with Crippen molar-refractivity contribution in [3.63, 3.8) is 0 Å². The minimum atomic E-state index is -0.227. The fourth-order valence-electron chi connectivity index (χ4n) is 2.50. The van der Waals surface area contributed by atoms with Gasteiger partial charge in [-0.05, 0) is 37.0 Å². The number of amides is 1. The second-order valence-corrected chi connectivity index (χ2v) is 5.29. The van der Waals surface area contributed by atoms with Crippen LogP contribution in [0.4, 0.5) is 5.69 Å². The van der Waals surface area contributed by atoms with Crippen molar-refractivity contribution in [1.29, 1.82) is 5.26 Å². The van der Waals surface area contributed by atoms with Crippen LogP contribution in [0.25, 0.3) is 0 Å². The molecule has 1 aromatic rings. The Morgan fingerprint density at radius 3 is 2.68 bits per heavy atom. The van der Waals surface area contributed by atoms with Crippen LogP contribution in [-0.2, 0) is 4.79 Å². The van der Waals surface area contributed by atoms with Crippen LogP contribution in [-0.4, -0.2) is 19.0 Å². The Morgan fingerprint density at radius 1 is 1.47 bits per heavy atom. The summed E-state index contributed by atoms with van der Waals surface area (Å²) in [5.41, 5.74) is 6.74. The predicted molar refractivity (Wildman–Crippen MR) is 74.9 cm³/mol. The number of carbonyl (C=O) groups is 1. The molecule has 2 rings (SSSR count). The zero-order valence-electron chi connectivity index (χ0n) is 10.6. The first-order valence-electron chi connectivity index (χ1n) is 6.33. The van der Waals surface area contributed by atoms with Crippen molar-refractivity contribution in [3.05, 3.63) is 28.8 Å². The van der Waals surface area contributed by atoms with Crippen molar-refractivity contribution in [2.24, 2.45) is 11.7 Å². The van der Waals surface area contributed by atoms with Crippen LogP contribution in [0, 0.1) is 17.2 Å². The molecule has 1 aromatic carbocycles. The third-order valence-corrected chi connectivity index (χ3v) is 3.82. The number of nitriles is 1. The first-order valence-corrected chi connectivity index (χ1v) is 6.71. The van der Waals surface area contributed by atoms with Gasteiger partial charge < -0.3 is 10.6 Å². The molecule has 0 saturated carbocycles. The summed E-state index contributed by atoms with van der Waals surface area (Å²) in [6.07, 6.45) is 2.35. The molecule has 1 saturated heterocycles. The Labute approximate surface area is 117 Å². The van der Waals surface area contributed by atoms with Gasteiger partial charge in [0.05, 0.1) is 22.3 Å². The van der Waals surface area contributed by atoms with Gasteiger partial charge in [-0.1, -0.05) is 11.6 Å². The standard InChI is InChI=1S/C14H16ClN3O/c15-12-7-11(9-16)1-2-13(12)18-5-3-10(4-6-18)8-14(17)19/h1-2,7,10H,3-6,8H2,(H2,17,19). The van der Waals surface area contributed by atoms with Crippen molar-refractivity contribution in [2.45, 2.75) is 19.3 Å².